The van der Waals surface area contributed by atoms with Crippen LogP contribution in [0.2, 0.25) is 0 Å². The molecule has 2 N–H and O–H groups in total. The first-order valence-corrected chi connectivity index (χ1v) is 5.68. The molecular formula is C12H22N2O2. The molecule has 2 atom stereocenters. The van der Waals surface area contributed by atoms with E-state index in [0.29, 0.717) is 6.04 Å². The number of carbonyl (C=O) groups excluding carboxylic acids is 1. The number of amides is 1. The maximum atomic E-state index is 11.2. The molecule has 1 aliphatic rings. The molecule has 0 saturated carbocycles. The fourth-order valence-corrected chi connectivity index (χ4v) is 2.33. The van der Waals surface area contributed by atoms with E-state index in [0.717, 1.165) is 6.54 Å². The van der Waals surface area contributed by atoms with Gasteiger partial charge in [0, 0.05) is 12.6 Å². The smallest absolute Gasteiger partial charge is 0.243 e. The number of rotatable bonds is 4. The van der Waals surface area contributed by atoms with Crippen LogP contribution in [-0.2, 0) is 4.79 Å². The zero-order valence-electron chi connectivity index (χ0n) is 10.5. The van der Waals surface area contributed by atoms with Crippen molar-refractivity contribution in [1.29, 1.82) is 0 Å². The van der Waals surface area contributed by atoms with Crippen LogP contribution in [0.4, 0.5) is 0 Å². The van der Waals surface area contributed by atoms with Crippen molar-refractivity contribution in [3.05, 3.63) is 12.7 Å². The summed E-state index contributed by atoms with van der Waals surface area (Å²) in [5.74, 6) is -0.178. The van der Waals surface area contributed by atoms with Gasteiger partial charge in [-0.3, -0.25) is 9.69 Å². The summed E-state index contributed by atoms with van der Waals surface area (Å²) < 4.78 is 0. The molecule has 4 nitrogen and oxygen atoms in total. The minimum absolute atomic E-state index is 0.00731. The molecule has 1 rings (SSSR count). The average molecular weight is 226 g/mol. The first-order chi connectivity index (χ1) is 7.27. The second-order valence-electron chi connectivity index (χ2n) is 5.21. The van der Waals surface area contributed by atoms with Crippen LogP contribution in [0.15, 0.2) is 12.7 Å². The summed E-state index contributed by atoms with van der Waals surface area (Å²) in [5, 5.41) is 12.9. The molecule has 1 heterocycles. The minimum atomic E-state index is -0.818. The fraction of sp³-hybridized carbons (Fsp3) is 0.750. The van der Waals surface area contributed by atoms with E-state index in [1.54, 1.807) is 13.8 Å². The standard InChI is InChI=1S/C12H22N2O2/c1-6-10(15)13-9-7-14(8(2)3)11(9)12(4,5)16/h6,8-9,11,16H,1,7H2,2-5H3,(H,13,15). The molecule has 1 fully saturated rings. The van der Waals surface area contributed by atoms with Crippen molar-refractivity contribution >= 4 is 5.91 Å². The van der Waals surface area contributed by atoms with E-state index < -0.39 is 5.60 Å². The number of nitrogens with zero attached hydrogens (tertiary/aromatic N) is 1. The predicted molar refractivity (Wildman–Crippen MR) is 64.1 cm³/mol. The number of aliphatic hydroxyl groups is 1. The van der Waals surface area contributed by atoms with Crippen molar-refractivity contribution in [2.24, 2.45) is 0 Å². The first kappa shape index (κ1) is 13.2. The highest BCUT2D eigenvalue weighted by atomic mass is 16.3. The topological polar surface area (TPSA) is 52.6 Å². The van der Waals surface area contributed by atoms with Crippen LogP contribution in [0.25, 0.3) is 0 Å². The highest BCUT2D eigenvalue weighted by Gasteiger charge is 2.48. The molecule has 16 heavy (non-hydrogen) atoms. The Morgan fingerprint density at radius 3 is 2.56 bits per heavy atom. The third-order valence-corrected chi connectivity index (χ3v) is 3.05. The van der Waals surface area contributed by atoms with Crippen molar-refractivity contribution in [3.8, 4) is 0 Å². The molecule has 0 spiro atoms. The van der Waals surface area contributed by atoms with E-state index in [-0.39, 0.29) is 18.0 Å². The second kappa shape index (κ2) is 4.55. The van der Waals surface area contributed by atoms with Crippen molar-refractivity contribution in [2.75, 3.05) is 6.54 Å². The number of likely N-dealkylation sites (tertiary alicyclic amines) is 1. The molecule has 0 aromatic carbocycles. The fourth-order valence-electron chi connectivity index (χ4n) is 2.33. The Balaban J connectivity index is 2.69. The Hall–Kier alpha value is -0.870. The zero-order chi connectivity index (χ0) is 12.5. The maximum Gasteiger partial charge on any atom is 0.243 e. The summed E-state index contributed by atoms with van der Waals surface area (Å²) in [4.78, 5) is 13.4. The van der Waals surface area contributed by atoms with Crippen molar-refractivity contribution in [3.63, 3.8) is 0 Å². The summed E-state index contributed by atoms with van der Waals surface area (Å²) >= 11 is 0. The van der Waals surface area contributed by atoms with Gasteiger partial charge >= 0.3 is 0 Å². The van der Waals surface area contributed by atoms with Gasteiger partial charge in [-0.15, -0.1) is 0 Å². The molecule has 1 aliphatic heterocycles. The second-order valence-corrected chi connectivity index (χ2v) is 5.21. The van der Waals surface area contributed by atoms with Gasteiger partial charge in [-0.05, 0) is 33.8 Å². The lowest BCUT2D eigenvalue weighted by Crippen LogP contribution is -2.74. The minimum Gasteiger partial charge on any atom is -0.389 e. The van der Waals surface area contributed by atoms with Gasteiger partial charge in [-0.1, -0.05) is 6.58 Å². The molecule has 92 valence electrons. The van der Waals surface area contributed by atoms with Crippen LogP contribution in [0, 0.1) is 0 Å². The van der Waals surface area contributed by atoms with Crippen LogP contribution in [0.1, 0.15) is 27.7 Å². The third kappa shape index (κ3) is 2.62. The van der Waals surface area contributed by atoms with Gasteiger partial charge in [0.2, 0.25) is 5.91 Å². The van der Waals surface area contributed by atoms with Crippen molar-refractivity contribution < 1.29 is 9.90 Å². The summed E-state index contributed by atoms with van der Waals surface area (Å²) in [7, 11) is 0. The number of carbonyl (C=O) groups is 1. The zero-order valence-corrected chi connectivity index (χ0v) is 10.5. The molecule has 0 aromatic rings. The molecule has 0 radical (unpaired) electrons. The van der Waals surface area contributed by atoms with Crippen LogP contribution in [0.5, 0.6) is 0 Å². The Kier molecular flexibility index (Phi) is 3.76. The predicted octanol–water partition coefficient (Wildman–Crippen LogP) is 0.521. The Morgan fingerprint density at radius 1 is 1.62 bits per heavy atom. The summed E-state index contributed by atoms with van der Waals surface area (Å²) in [6, 6.07) is 0.345. The van der Waals surface area contributed by atoms with Gasteiger partial charge in [0.05, 0.1) is 17.7 Å². The summed E-state index contributed by atoms with van der Waals surface area (Å²) in [6.07, 6.45) is 1.26. The lowest BCUT2D eigenvalue weighted by molar-refractivity contribution is -0.129. The number of hydrogen-bond donors (Lipinski definition) is 2. The van der Waals surface area contributed by atoms with E-state index in [4.69, 9.17) is 0 Å². The van der Waals surface area contributed by atoms with Crippen molar-refractivity contribution in [2.45, 2.75) is 51.4 Å². The lowest BCUT2D eigenvalue weighted by Gasteiger charge is -2.55. The molecule has 1 amide bonds. The van der Waals surface area contributed by atoms with Gasteiger partial charge in [0.15, 0.2) is 0 Å². The Labute approximate surface area is 97.3 Å². The van der Waals surface area contributed by atoms with E-state index >= 15 is 0 Å². The van der Waals surface area contributed by atoms with Crippen LogP contribution in [0.3, 0.4) is 0 Å². The van der Waals surface area contributed by atoms with Crippen molar-refractivity contribution in [1.82, 2.24) is 10.2 Å². The molecule has 1 saturated heterocycles. The van der Waals surface area contributed by atoms with Gasteiger partial charge in [-0.2, -0.15) is 0 Å². The highest BCUT2D eigenvalue weighted by Crippen LogP contribution is 2.29. The molecule has 4 heteroatoms. The SMILES string of the molecule is C=CC(=O)NC1CN(C(C)C)C1C(C)(C)O. The van der Waals surface area contributed by atoms with E-state index in [2.05, 4.69) is 30.6 Å². The number of hydrogen-bond acceptors (Lipinski definition) is 3. The van der Waals surface area contributed by atoms with Gasteiger partial charge in [-0.25, -0.2) is 0 Å². The van der Waals surface area contributed by atoms with E-state index in [1.165, 1.54) is 6.08 Å². The van der Waals surface area contributed by atoms with Crippen LogP contribution >= 0.6 is 0 Å². The molecule has 0 aromatic heterocycles. The van der Waals surface area contributed by atoms with E-state index in [1.807, 2.05) is 0 Å². The normalized spacial score (nSPS) is 26.4. The van der Waals surface area contributed by atoms with Crippen LogP contribution < -0.4 is 5.32 Å². The maximum absolute atomic E-state index is 11.2. The molecule has 0 bridgehead atoms. The summed E-state index contributed by atoms with van der Waals surface area (Å²) in [6.45, 7) is 11.9. The Morgan fingerprint density at radius 2 is 2.19 bits per heavy atom. The molecule has 0 aliphatic carbocycles. The Bertz CT molecular complexity index is 281. The first-order valence-electron chi connectivity index (χ1n) is 5.68. The molecular weight excluding hydrogens is 204 g/mol. The quantitative estimate of drug-likeness (QED) is 0.687. The van der Waals surface area contributed by atoms with E-state index in [9.17, 15) is 9.90 Å². The lowest BCUT2D eigenvalue weighted by atomic mass is 9.82. The highest BCUT2D eigenvalue weighted by molar-refractivity contribution is 5.87. The molecule has 2 unspecified atom stereocenters. The van der Waals surface area contributed by atoms with Gasteiger partial charge in [0.25, 0.3) is 0 Å². The third-order valence-electron chi connectivity index (χ3n) is 3.05. The summed E-state index contributed by atoms with van der Waals surface area (Å²) in [5.41, 5.74) is -0.818. The largest absolute Gasteiger partial charge is 0.389 e. The van der Waals surface area contributed by atoms with Gasteiger partial charge < -0.3 is 10.4 Å². The van der Waals surface area contributed by atoms with Gasteiger partial charge in [0.1, 0.15) is 0 Å². The average Bonchev–Trinajstić information content (AvgIpc) is 2.07. The van der Waals surface area contributed by atoms with Crippen LogP contribution in [-0.4, -0.2) is 46.2 Å². The monoisotopic (exact) mass is 226 g/mol. The number of nitrogens with one attached hydrogen (secondary N) is 1.